The first-order valence-electron chi connectivity index (χ1n) is 6.45. The Labute approximate surface area is 110 Å². The second-order valence-corrected chi connectivity index (χ2v) is 3.86. The molecule has 0 radical (unpaired) electrons. The van der Waals surface area contributed by atoms with Gasteiger partial charge in [-0.1, -0.05) is 36.4 Å². The molecule has 0 saturated carbocycles. The molecule has 1 aromatic rings. The molecule has 3 nitrogen and oxygen atoms in total. The summed E-state index contributed by atoms with van der Waals surface area (Å²) in [6.07, 6.45) is 1.56. The van der Waals surface area contributed by atoms with Crippen molar-refractivity contribution < 1.29 is 9.47 Å². The second-order valence-electron chi connectivity index (χ2n) is 3.86. The van der Waals surface area contributed by atoms with Crippen LogP contribution in [0, 0.1) is 0 Å². The lowest BCUT2D eigenvalue weighted by atomic mass is 10.1. The van der Waals surface area contributed by atoms with Crippen LogP contribution in [-0.2, 0) is 9.47 Å². The van der Waals surface area contributed by atoms with Gasteiger partial charge in [0.1, 0.15) is 0 Å². The van der Waals surface area contributed by atoms with Gasteiger partial charge in [0, 0.05) is 19.8 Å². The van der Waals surface area contributed by atoms with Gasteiger partial charge >= 0.3 is 0 Å². The molecule has 0 aromatic heterocycles. The molecule has 0 aliphatic rings. The van der Waals surface area contributed by atoms with Crippen molar-refractivity contribution in [1.82, 2.24) is 5.32 Å². The van der Waals surface area contributed by atoms with Crippen LogP contribution in [0.1, 0.15) is 25.5 Å². The Bertz CT molecular complexity index is 321. The summed E-state index contributed by atoms with van der Waals surface area (Å²) < 4.78 is 11.4. The zero-order chi connectivity index (χ0) is 13.2. The van der Waals surface area contributed by atoms with Crippen molar-refractivity contribution in [3.8, 4) is 0 Å². The molecular weight excluding hydrogens is 226 g/mol. The summed E-state index contributed by atoms with van der Waals surface area (Å²) in [6, 6.07) is 10.2. The normalized spacial score (nSPS) is 12.6. The van der Waals surface area contributed by atoms with Crippen LogP contribution in [0.4, 0.5) is 0 Å². The Kier molecular flexibility index (Phi) is 7.34. The number of rotatable bonds is 9. The van der Waals surface area contributed by atoms with Crippen molar-refractivity contribution in [2.24, 2.45) is 0 Å². The summed E-state index contributed by atoms with van der Waals surface area (Å²) in [6.45, 7) is 9.66. The average molecular weight is 249 g/mol. The Hall–Kier alpha value is -1.16. The van der Waals surface area contributed by atoms with Crippen molar-refractivity contribution >= 4 is 0 Å². The third kappa shape index (κ3) is 4.61. The smallest absolute Gasteiger partial charge is 0.176 e. The van der Waals surface area contributed by atoms with Crippen LogP contribution in [-0.4, -0.2) is 26.0 Å². The van der Waals surface area contributed by atoms with Crippen LogP contribution in [0.15, 0.2) is 43.0 Å². The zero-order valence-corrected chi connectivity index (χ0v) is 11.3. The van der Waals surface area contributed by atoms with Crippen LogP contribution >= 0.6 is 0 Å². The highest BCUT2D eigenvalue weighted by atomic mass is 16.7. The minimum Gasteiger partial charge on any atom is -0.351 e. The second kappa shape index (κ2) is 8.86. The van der Waals surface area contributed by atoms with Gasteiger partial charge in [-0.25, -0.2) is 0 Å². The van der Waals surface area contributed by atoms with E-state index in [1.54, 1.807) is 0 Å². The molecule has 0 spiro atoms. The van der Waals surface area contributed by atoms with Crippen LogP contribution < -0.4 is 5.32 Å². The van der Waals surface area contributed by atoms with Crippen LogP contribution in [0.25, 0.3) is 0 Å². The molecule has 100 valence electrons. The molecule has 1 N–H and O–H groups in total. The van der Waals surface area contributed by atoms with Gasteiger partial charge in [0.2, 0.25) is 0 Å². The molecule has 0 fully saturated rings. The Morgan fingerprint density at radius 2 is 1.78 bits per heavy atom. The maximum absolute atomic E-state index is 5.68. The first-order chi connectivity index (χ1) is 8.83. The molecule has 0 heterocycles. The van der Waals surface area contributed by atoms with E-state index in [4.69, 9.17) is 9.47 Å². The summed E-state index contributed by atoms with van der Waals surface area (Å²) in [7, 11) is 0. The molecule has 0 amide bonds. The van der Waals surface area contributed by atoms with Crippen molar-refractivity contribution in [3.63, 3.8) is 0 Å². The fourth-order valence-corrected chi connectivity index (χ4v) is 1.81. The standard InChI is InChI=1S/C15H23NO2/c1-4-12-16-14(13-10-8-7-9-11-13)15(17-5-2)18-6-3/h4,7-11,14-16H,1,5-6,12H2,2-3H3/t14-/m0/s1. The highest BCUT2D eigenvalue weighted by molar-refractivity contribution is 5.19. The van der Waals surface area contributed by atoms with E-state index < -0.39 is 0 Å². The van der Waals surface area contributed by atoms with Crippen molar-refractivity contribution in [2.75, 3.05) is 19.8 Å². The molecule has 0 aliphatic heterocycles. The van der Waals surface area contributed by atoms with E-state index in [9.17, 15) is 0 Å². The highest BCUT2D eigenvalue weighted by Gasteiger charge is 2.23. The average Bonchev–Trinajstić information content (AvgIpc) is 2.41. The molecule has 1 rings (SSSR count). The molecular formula is C15H23NO2. The van der Waals surface area contributed by atoms with Gasteiger partial charge in [-0.3, -0.25) is 0 Å². The molecule has 3 heteroatoms. The van der Waals surface area contributed by atoms with Gasteiger partial charge < -0.3 is 14.8 Å². The Balaban J connectivity index is 2.83. The molecule has 0 bridgehead atoms. The maximum Gasteiger partial charge on any atom is 0.176 e. The molecule has 0 aliphatic carbocycles. The summed E-state index contributed by atoms with van der Waals surface area (Å²) in [5.41, 5.74) is 1.16. The largest absolute Gasteiger partial charge is 0.351 e. The van der Waals surface area contributed by atoms with Gasteiger partial charge in [-0.05, 0) is 19.4 Å². The SMILES string of the molecule is C=CCN[C@@H](c1ccccc1)C(OCC)OCC. The lowest BCUT2D eigenvalue weighted by molar-refractivity contribution is -0.154. The summed E-state index contributed by atoms with van der Waals surface area (Å²) in [4.78, 5) is 0. The van der Waals surface area contributed by atoms with Gasteiger partial charge in [-0.2, -0.15) is 0 Å². The highest BCUT2D eigenvalue weighted by Crippen LogP contribution is 2.20. The first kappa shape index (κ1) is 14.9. The van der Waals surface area contributed by atoms with Crippen LogP contribution in [0.2, 0.25) is 0 Å². The quantitative estimate of drug-likeness (QED) is 0.539. The van der Waals surface area contributed by atoms with E-state index in [-0.39, 0.29) is 12.3 Å². The Morgan fingerprint density at radius 1 is 1.17 bits per heavy atom. The minimum absolute atomic E-state index is 0.0177. The van der Waals surface area contributed by atoms with E-state index in [1.807, 2.05) is 38.1 Å². The van der Waals surface area contributed by atoms with E-state index in [0.717, 1.165) is 12.1 Å². The van der Waals surface area contributed by atoms with Crippen molar-refractivity contribution in [2.45, 2.75) is 26.2 Å². The van der Waals surface area contributed by atoms with E-state index in [1.165, 1.54) is 0 Å². The van der Waals surface area contributed by atoms with Crippen LogP contribution in [0.5, 0.6) is 0 Å². The lowest BCUT2D eigenvalue weighted by Crippen LogP contribution is -2.36. The third-order valence-electron chi connectivity index (χ3n) is 2.57. The van der Waals surface area contributed by atoms with Gasteiger partial charge in [-0.15, -0.1) is 6.58 Å². The lowest BCUT2D eigenvalue weighted by Gasteiger charge is -2.27. The van der Waals surface area contributed by atoms with E-state index >= 15 is 0 Å². The molecule has 0 unspecified atom stereocenters. The van der Waals surface area contributed by atoms with E-state index in [0.29, 0.717) is 13.2 Å². The number of hydrogen-bond acceptors (Lipinski definition) is 3. The van der Waals surface area contributed by atoms with Gasteiger partial charge in [0.05, 0.1) is 6.04 Å². The predicted molar refractivity (Wildman–Crippen MR) is 74.4 cm³/mol. The number of hydrogen-bond donors (Lipinski definition) is 1. The molecule has 18 heavy (non-hydrogen) atoms. The summed E-state index contributed by atoms with van der Waals surface area (Å²) >= 11 is 0. The Morgan fingerprint density at radius 3 is 2.28 bits per heavy atom. The molecule has 1 aromatic carbocycles. The van der Waals surface area contributed by atoms with Crippen molar-refractivity contribution in [3.05, 3.63) is 48.6 Å². The zero-order valence-electron chi connectivity index (χ0n) is 11.3. The molecule has 1 atom stereocenters. The fraction of sp³-hybridized carbons (Fsp3) is 0.467. The number of benzene rings is 1. The number of nitrogens with one attached hydrogen (secondary N) is 1. The maximum atomic E-state index is 5.68. The minimum atomic E-state index is -0.276. The van der Waals surface area contributed by atoms with Crippen molar-refractivity contribution in [1.29, 1.82) is 0 Å². The monoisotopic (exact) mass is 249 g/mol. The molecule has 0 saturated heterocycles. The van der Waals surface area contributed by atoms with Gasteiger partial charge in [0.15, 0.2) is 6.29 Å². The first-order valence-corrected chi connectivity index (χ1v) is 6.45. The topological polar surface area (TPSA) is 30.5 Å². The fourth-order valence-electron chi connectivity index (χ4n) is 1.81. The summed E-state index contributed by atoms with van der Waals surface area (Å²) in [5.74, 6) is 0. The van der Waals surface area contributed by atoms with E-state index in [2.05, 4.69) is 24.0 Å². The van der Waals surface area contributed by atoms with Crippen LogP contribution in [0.3, 0.4) is 0 Å². The predicted octanol–water partition coefficient (Wildman–Crippen LogP) is 2.90. The number of ether oxygens (including phenoxy) is 2. The van der Waals surface area contributed by atoms with Gasteiger partial charge in [0.25, 0.3) is 0 Å². The summed E-state index contributed by atoms with van der Waals surface area (Å²) in [5, 5.41) is 3.39. The third-order valence-corrected chi connectivity index (χ3v) is 2.57.